The summed E-state index contributed by atoms with van der Waals surface area (Å²) in [5, 5.41) is 0. The molecule has 0 aromatic heterocycles. The van der Waals surface area contributed by atoms with E-state index in [9.17, 15) is 17.6 Å². The summed E-state index contributed by atoms with van der Waals surface area (Å²) < 4.78 is 53.4. The van der Waals surface area contributed by atoms with Crippen molar-refractivity contribution in [3.8, 4) is 0 Å². The third-order valence-electron chi connectivity index (χ3n) is 3.76. The Bertz CT molecular complexity index is 889. The highest BCUT2D eigenvalue weighted by molar-refractivity contribution is 5.73. The molecule has 3 aromatic rings. The van der Waals surface area contributed by atoms with E-state index in [1.807, 2.05) is 0 Å². The van der Waals surface area contributed by atoms with Gasteiger partial charge in [0.1, 0.15) is 23.3 Å². The molecule has 0 spiro atoms. The Labute approximate surface area is 148 Å². The maximum atomic E-state index is 13.6. The lowest BCUT2D eigenvalue weighted by molar-refractivity contribution is 0.598. The number of rotatable bonds is 4. The molecule has 0 aliphatic carbocycles. The summed E-state index contributed by atoms with van der Waals surface area (Å²) in [5.41, 5.74) is 1.91. The van der Waals surface area contributed by atoms with Crippen LogP contribution in [0.3, 0.4) is 0 Å². The van der Waals surface area contributed by atoms with Crippen LogP contribution < -0.4 is 0 Å². The second-order valence-corrected chi connectivity index (χ2v) is 5.67. The zero-order chi connectivity index (χ0) is 18.5. The van der Waals surface area contributed by atoms with E-state index in [0.29, 0.717) is 0 Å². The third kappa shape index (κ3) is 4.48. The Morgan fingerprint density at radius 1 is 0.462 bits per heavy atom. The largest absolute Gasteiger partial charge is 0.207 e. The minimum Gasteiger partial charge on any atom is -0.207 e. The lowest BCUT2D eigenvalue weighted by Gasteiger charge is -1.99. The van der Waals surface area contributed by atoms with Gasteiger partial charge in [0.2, 0.25) is 0 Å². The first-order chi connectivity index (χ1) is 12.5. The molecule has 0 aliphatic heterocycles. The zero-order valence-corrected chi connectivity index (χ0v) is 13.6. The molecule has 0 heterocycles. The minimum atomic E-state index is -0.504. The number of halogens is 4. The third-order valence-corrected chi connectivity index (χ3v) is 3.76. The van der Waals surface area contributed by atoms with Crippen molar-refractivity contribution in [3.05, 3.63) is 106 Å². The molecule has 3 aromatic carbocycles. The second-order valence-electron chi connectivity index (χ2n) is 5.67. The van der Waals surface area contributed by atoms with Crippen LogP contribution in [0.4, 0.5) is 17.6 Å². The van der Waals surface area contributed by atoms with Gasteiger partial charge in [0.15, 0.2) is 0 Å². The summed E-state index contributed by atoms with van der Waals surface area (Å²) in [6.07, 6.45) is 6.31. The number of hydrogen-bond donors (Lipinski definition) is 0. The van der Waals surface area contributed by atoms with Gasteiger partial charge < -0.3 is 0 Å². The molecule has 0 N–H and O–H groups in total. The van der Waals surface area contributed by atoms with E-state index >= 15 is 0 Å². The molecule has 0 bridgehead atoms. The van der Waals surface area contributed by atoms with E-state index in [-0.39, 0.29) is 11.1 Å². The van der Waals surface area contributed by atoms with E-state index in [1.165, 1.54) is 12.2 Å². The Kier molecular flexibility index (Phi) is 5.32. The molecule has 0 saturated heterocycles. The van der Waals surface area contributed by atoms with Crippen molar-refractivity contribution in [2.24, 2.45) is 0 Å². The Balaban J connectivity index is 1.74. The molecule has 3 rings (SSSR count). The molecule has 0 unspecified atom stereocenters. The Morgan fingerprint density at radius 3 is 1.23 bits per heavy atom. The van der Waals surface area contributed by atoms with Crippen LogP contribution in [-0.2, 0) is 0 Å². The fourth-order valence-electron chi connectivity index (χ4n) is 2.37. The van der Waals surface area contributed by atoms with Crippen molar-refractivity contribution in [1.29, 1.82) is 0 Å². The highest BCUT2D eigenvalue weighted by Gasteiger charge is 2.01. The van der Waals surface area contributed by atoms with Crippen LogP contribution >= 0.6 is 0 Å². The average Bonchev–Trinajstić information content (AvgIpc) is 2.64. The Hall–Kier alpha value is -3.14. The molecule has 130 valence electrons. The number of benzene rings is 3. The maximum Gasteiger partial charge on any atom is 0.130 e. The quantitative estimate of drug-likeness (QED) is 0.366. The minimum absolute atomic E-state index is 0.163. The lowest BCUT2D eigenvalue weighted by Crippen LogP contribution is -1.84. The fourth-order valence-corrected chi connectivity index (χ4v) is 2.37. The molecule has 0 atom stereocenters. The summed E-state index contributed by atoms with van der Waals surface area (Å²) >= 11 is 0. The lowest BCUT2D eigenvalue weighted by atomic mass is 10.1. The molecule has 0 aliphatic rings. The molecule has 0 saturated carbocycles. The fraction of sp³-hybridized carbons (Fsp3) is 0. The molecule has 0 amide bonds. The summed E-state index contributed by atoms with van der Waals surface area (Å²) in [4.78, 5) is 0. The van der Waals surface area contributed by atoms with Crippen LogP contribution in [0.15, 0.2) is 60.7 Å². The highest BCUT2D eigenvalue weighted by Crippen LogP contribution is 2.16. The van der Waals surface area contributed by atoms with Gasteiger partial charge in [-0.1, -0.05) is 48.6 Å². The van der Waals surface area contributed by atoms with Crippen molar-refractivity contribution < 1.29 is 17.6 Å². The molecular weight excluding hydrogens is 340 g/mol. The molecule has 4 heteroatoms. The highest BCUT2D eigenvalue weighted by atomic mass is 19.1. The van der Waals surface area contributed by atoms with E-state index in [4.69, 9.17) is 0 Å². The van der Waals surface area contributed by atoms with E-state index in [2.05, 4.69) is 0 Å². The van der Waals surface area contributed by atoms with Crippen LogP contribution in [0.5, 0.6) is 0 Å². The average molecular weight is 354 g/mol. The predicted molar refractivity (Wildman–Crippen MR) is 97.0 cm³/mol. The van der Waals surface area contributed by atoms with Gasteiger partial charge in [0.05, 0.1) is 0 Å². The van der Waals surface area contributed by atoms with E-state index < -0.39 is 23.3 Å². The van der Waals surface area contributed by atoms with Crippen LogP contribution in [0.1, 0.15) is 22.3 Å². The summed E-state index contributed by atoms with van der Waals surface area (Å²) in [6, 6.07) is 13.7. The molecule has 0 radical (unpaired) electrons. The van der Waals surface area contributed by atoms with Crippen molar-refractivity contribution in [1.82, 2.24) is 0 Å². The van der Waals surface area contributed by atoms with Gasteiger partial charge in [-0.2, -0.15) is 0 Å². The van der Waals surface area contributed by atoms with Gasteiger partial charge in [-0.05, 0) is 47.5 Å². The topological polar surface area (TPSA) is 0 Å². The van der Waals surface area contributed by atoms with Crippen LogP contribution in [-0.4, -0.2) is 0 Å². The maximum absolute atomic E-state index is 13.6. The van der Waals surface area contributed by atoms with Crippen molar-refractivity contribution in [2.45, 2.75) is 0 Å². The van der Waals surface area contributed by atoms with Gasteiger partial charge in [-0.15, -0.1) is 0 Å². The van der Waals surface area contributed by atoms with E-state index in [1.54, 1.807) is 36.4 Å². The van der Waals surface area contributed by atoms with Gasteiger partial charge in [0, 0.05) is 11.1 Å². The van der Waals surface area contributed by atoms with Crippen molar-refractivity contribution in [2.75, 3.05) is 0 Å². The molecule has 26 heavy (non-hydrogen) atoms. The van der Waals surface area contributed by atoms with Gasteiger partial charge in [0.25, 0.3) is 0 Å². The van der Waals surface area contributed by atoms with Crippen LogP contribution in [0.25, 0.3) is 24.3 Å². The summed E-state index contributed by atoms with van der Waals surface area (Å²) in [5.74, 6) is -2.01. The van der Waals surface area contributed by atoms with Crippen molar-refractivity contribution >= 4 is 24.3 Å². The molecular formula is C22H14F4. The van der Waals surface area contributed by atoms with Gasteiger partial charge in [-0.3, -0.25) is 0 Å². The van der Waals surface area contributed by atoms with Crippen molar-refractivity contribution in [3.63, 3.8) is 0 Å². The predicted octanol–water partition coefficient (Wildman–Crippen LogP) is 6.58. The van der Waals surface area contributed by atoms with E-state index in [0.717, 1.165) is 47.5 Å². The molecule has 0 fully saturated rings. The summed E-state index contributed by atoms with van der Waals surface area (Å²) in [7, 11) is 0. The first kappa shape index (κ1) is 17.7. The molecule has 0 nitrogen and oxygen atoms in total. The standard InChI is InChI=1S/C22H14F4/c23-19-9-11-21(25)17(13-19)7-5-15-1-2-16(4-3-15)6-8-18-14-20(24)10-12-22(18)26/h1-14H/b7-5+,8-6+. The SMILES string of the molecule is Fc1ccc(F)c(/C=C/c2ccc(/C=C/c3cc(F)ccc3F)cc2)c1. The Morgan fingerprint density at radius 2 is 0.846 bits per heavy atom. The smallest absolute Gasteiger partial charge is 0.130 e. The second kappa shape index (κ2) is 7.83. The zero-order valence-electron chi connectivity index (χ0n) is 13.6. The monoisotopic (exact) mass is 354 g/mol. The normalized spacial score (nSPS) is 11.5. The van der Waals surface area contributed by atoms with Crippen LogP contribution in [0, 0.1) is 23.3 Å². The summed E-state index contributed by atoms with van der Waals surface area (Å²) in [6.45, 7) is 0. The first-order valence-electron chi connectivity index (χ1n) is 7.87. The number of hydrogen-bond acceptors (Lipinski definition) is 0. The first-order valence-corrected chi connectivity index (χ1v) is 7.87. The van der Waals surface area contributed by atoms with Crippen LogP contribution in [0.2, 0.25) is 0 Å². The van der Waals surface area contributed by atoms with Gasteiger partial charge >= 0.3 is 0 Å². The van der Waals surface area contributed by atoms with Gasteiger partial charge in [-0.25, -0.2) is 17.6 Å².